The largest absolute Gasteiger partial charge is 0.369 e. The Morgan fingerprint density at radius 2 is 1.91 bits per heavy atom. The summed E-state index contributed by atoms with van der Waals surface area (Å²) in [5.41, 5.74) is 4.53. The van der Waals surface area contributed by atoms with Gasteiger partial charge in [0.05, 0.1) is 11.4 Å². The Morgan fingerprint density at radius 3 is 2.73 bits per heavy atom. The lowest BCUT2D eigenvalue weighted by Gasteiger charge is -2.08. The van der Waals surface area contributed by atoms with Crippen molar-refractivity contribution in [3.05, 3.63) is 63.0 Å². The van der Waals surface area contributed by atoms with E-state index < -0.39 is 0 Å². The molecule has 0 bridgehead atoms. The minimum Gasteiger partial charge on any atom is -0.369 e. The van der Waals surface area contributed by atoms with E-state index in [1.54, 1.807) is 0 Å². The molecule has 0 saturated carbocycles. The van der Waals surface area contributed by atoms with Crippen LogP contribution in [0.3, 0.4) is 0 Å². The molecule has 0 saturated heterocycles. The van der Waals surface area contributed by atoms with Gasteiger partial charge >= 0.3 is 0 Å². The zero-order chi connectivity index (χ0) is 15.1. The number of fused-ring (bicyclic) bond motifs is 1. The zero-order valence-electron chi connectivity index (χ0n) is 11.7. The van der Waals surface area contributed by atoms with E-state index in [1.807, 2.05) is 35.0 Å². The summed E-state index contributed by atoms with van der Waals surface area (Å²) in [6.45, 7) is 0.957. The topological polar surface area (TPSA) is 29.9 Å². The van der Waals surface area contributed by atoms with Crippen molar-refractivity contribution in [1.29, 1.82) is 0 Å². The van der Waals surface area contributed by atoms with Crippen LogP contribution in [0, 0.1) is 0 Å². The minimum absolute atomic E-state index is 0.957. The maximum Gasteiger partial charge on any atom is 0.133 e. The highest BCUT2D eigenvalue weighted by Crippen LogP contribution is 2.36. The summed E-state index contributed by atoms with van der Waals surface area (Å²) in [6, 6.07) is 16.5. The first-order chi connectivity index (χ1) is 10.7. The van der Waals surface area contributed by atoms with Crippen LogP contribution in [-0.2, 0) is 6.42 Å². The van der Waals surface area contributed by atoms with Crippen LogP contribution in [0.4, 0.5) is 5.82 Å². The average Bonchev–Trinajstić information content (AvgIpc) is 3.10. The molecule has 0 atom stereocenters. The van der Waals surface area contributed by atoms with Gasteiger partial charge in [0.2, 0.25) is 0 Å². The van der Waals surface area contributed by atoms with Gasteiger partial charge in [-0.1, -0.05) is 40.2 Å². The van der Waals surface area contributed by atoms with Crippen molar-refractivity contribution in [2.75, 3.05) is 11.9 Å². The molecule has 0 aliphatic carbocycles. The lowest BCUT2D eigenvalue weighted by atomic mass is 10.1. The second-order valence-corrected chi connectivity index (χ2v) is 7.00. The van der Waals surface area contributed by atoms with Crippen molar-refractivity contribution in [2.45, 2.75) is 6.42 Å². The molecule has 1 N–H and O–H groups in total. The molecule has 0 radical (unpaired) electrons. The number of aromatic nitrogens is 2. The molecule has 3 nitrogen and oxygen atoms in total. The Morgan fingerprint density at radius 1 is 1.05 bits per heavy atom. The number of rotatable bonds is 2. The van der Waals surface area contributed by atoms with E-state index in [9.17, 15) is 0 Å². The number of nitrogens with zero attached hydrogens (tertiary/aromatic N) is 2. The Hall–Kier alpha value is -1.59. The van der Waals surface area contributed by atoms with E-state index in [1.165, 1.54) is 5.56 Å². The van der Waals surface area contributed by atoms with E-state index in [4.69, 9.17) is 5.10 Å². The summed E-state index contributed by atoms with van der Waals surface area (Å²) >= 11 is 7.17. The molecule has 1 aliphatic rings. The SMILES string of the molecule is Brc1cccc(-c2nn(-c3ccccc3Br)c3c2CCN3)c1. The van der Waals surface area contributed by atoms with Gasteiger partial charge in [-0.25, -0.2) is 4.68 Å². The number of benzene rings is 2. The lowest BCUT2D eigenvalue weighted by molar-refractivity contribution is 0.878. The van der Waals surface area contributed by atoms with Gasteiger partial charge in [-0.15, -0.1) is 0 Å². The molecular weight excluding hydrogens is 406 g/mol. The van der Waals surface area contributed by atoms with Crippen LogP contribution < -0.4 is 5.32 Å². The summed E-state index contributed by atoms with van der Waals surface area (Å²) < 4.78 is 4.11. The molecule has 0 amide bonds. The summed E-state index contributed by atoms with van der Waals surface area (Å²) in [4.78, 5) is 0. The Balaban J connectivity index is 1.93. The van der Waals surface area contributed by atoms with Crippen LogP contribution in [0.2, 0.25) is 0 Å². The highest BCUT2D eigenvalue weighted by Gasteiger charge is 2.24. The molecular formula is C17H13Br2N3. The molecule has 0 fully saturated rings. The molecule has 4 rings (SSSR count). The van der Waals surface area contributed by atoms with Crippen molar-refractivity contribution >= 4 is 37.7 Å². The van der Waals surface area contributed by atoms with Gasteiger partial charge in [-0.2, -0.15) is 5.10 Å². The molecule has 0 unspecified atom stereocenters. The Labute approximate surface area is 145 Å². The third-order valence-electron chi connectivity index (χ3n) is 3.83. The molecule has 2 heterocycles. The molecule has 110 valence electrons. The van der Waals surface area contributed by atoms with Gasteiger partial charge in [0.1, 0.15) is 5.82 Å². The molecule has 2 aromatic carbocycles. The van der Waals surface area contributed by atoms with E-state index >= 15 is 0 Å². The second-order valence-electron chi connectivity index (χ2n) is 5.23. The molecule has 1 aromatic heterocycles. The van der Waals surface area contributed by atoms with E-state index in [0.29, 0.717) is 0 Å². The molecule has 0 spiro atoms. The lowest BCUT2D eigenvalue weighted by Crippen LogP contribution is -2.04. The van der Waals surface area contributed by atoms with Crippen LogP contribution in [0.1, 0.15) is 5.56 Å². The fraction of sp³-hybridized carbons (Fsp3) is 0.118. The molecule has 5 heteroatoms. The second kappa shape index (κ2) is 5.56. The third kappa shape index (κ3) is 2.29. The predicted molar refractivity (Wildman–Crippen MR) is 96.6 cm³/mol. The predicted octanol–water partition coefficient (Wildman–Crippen LogP) is 5.03. The van der Waals surface area contributed by atoms with Gasteiger partial charge in [0.15, 0.2) is 0 Å². The fourth-order valence-corrected chi connectivity index (χ4v) is 3.69. The number of para-hydroxylation sites is 1. The van der Waals surface area contributed by atoms with Gasteiger partial charge in [0.25, 0.3) is 0 Å². The maximum absolute atomic E-state index is 4.88. The van der Waals surface area contributed by atoms with Crippen LogP contribution in [0.5, 0.6) is 0 Å². The van der Waals surface area contributed by atoms with Gasteiger partial charge < -0.3 is 5.32 Å². The van der Waals surface area contributed by atoms with E-state index in [0.717, 1.165) is 44.7 Å². The summed E-state index contributed by atoms with van der Waals surface area (Å²) in [5.74, 6) is 1.10. The van der Waals surface area contributed by atoms with Crippen LogP contribution >= 0.6 is 31.9 Å². The first kappa shape index (κ1) is 14.0. The maximum atomic E-state index is 4.88. The highest BCUT2D eigenvalue weighted by molar-refractivity contribution is 9.10. The molecule has 22 heavy (non-hydrogen) atoms. The number of anilines is 1. The third-order valence-corrected chi connectivity index (χ3v) is 4.99. The van der Waals surface area contributed by atoms with Gasteiger partial charge in [-0.05, 0) is 46.6 Å². The summed E-state index contributed by atoms with van der Waals surface area (Å²) in [6.07, 6.45) is 1.00. The van der Waals surface area contributed by atoms with Crippen molar-refractivity contribution < 1.29 is 0 Å². The standard InChI is InChI=1S/C17H13Br2N3/c18-12-5-3-4-11(10-12)16-13-8-9-20-17(13)22(21-16)15-7-2-1-6-14(15)19/h1-7,10,20H,8-9H2. The molecule has 1 aliphatic heterocycles. The monoisotopic (exact) mass is 417 g/mol. The number of hydrogen-bond donors (Lipinski definition) is 1. The summed E-state index contributed by atoms with van der Waals surface area (Å²) in [5, 5.41) is 8.34. The number of halogens is 2. The average molecular weight is 419 g/mol. The van der Waals surface area contributed by atoms with Crippen molar-refractivity contribution in [2.24, 2.45) is 0 Å². The van der Waals surface area contributed by atoms with Gasteiger partial charge in [0, 0.05) is 26.6 Å². The molecule has 3 aromatic rings. The highest BCUT2D eigenvalue weighted by atomic mass is 79.9. The Kier molecular flexibility index (Phi) is 3.54. The van der Waals surface area contributed by atoms with Crippen LogP contribution in [0.15, 0.2) is 57.5 Å². The fourth-order valence-electron chi connectivity index (χ4n) is 2.84. The number of nitrogens with one attached hydrogen (secondary N) is 1. The minimum atomic E-state index is 0.957. The van der Waals surface area contributed by atoms with Gasteiger partial charge in [-0.3, -0.25) is 0 Å². The van der Waals surface area contributed by atoms with E-state index in [-0.39, 0.29) is 0 Å². The summed E-state index contributed by atoms with van der Waals surface area (Å²) in [7, 11) is 0. The first-order valence-corrected chi connectivity index (χ1v) is 8.69. The van der Waals surface area contributed by atoms with Crippen molar-refractivity contribution in [3.8, 4) is 16.9 Å². The normalized spacial score (nSPS) is 13.0. The van der Waals surface area contributed by atoms with Crippen molar-refractivity contribution in [3.63, 3.8) is 0 Å². The van der Waals surface area contributed by atoms with Crippen LogP contribution in [-0.4, -0.2) is 16.3 Å². The smallest absolute Gasteiger partial charge is 0.133 e. The number of hydrogen-bond acceptors (Lipinski definition) is 2. The quantitative estimate of drug-likeness (QED) is 0.632. The van der Waals surface area contributed by atoms with Crippen molar-refractivity contribution in [1.82, 2.24) is 9.78 Å². The van der Waals surface area contributed by atoms with Crippen LogP contribution in [0.25, 0.3) is 16.9 Å². The van der Waals surface area contributed by atoms with E-state index in [2.05, 4.69) is 55.4 Å². The zero-order valence-corrected chi connectivity index (χ0v) is 14.9. The Bertz CT molecular complexity index is 855. The first-order valence-electron chi connectivity index (χ1n) is 7.10.